The molecule has 0 unspecified atom stereocenters. The topological polar surface area (TPSA) is 105 Å². The number of halogens is 4. The van der Waals surface area contributed by atoms with Crippen molar-refractivity contribution in [2.75, 3.05) is 12.4 Å². The summed E-state index contributed by atoms with van der Waals surface area (Å²) in [4.78, 5) is 22.6. The molecule has 0 bridgehead atoms. The quantitative estimate of drug-likeness (QED) is 0.214. The molecule has 2 aromatic rings. The molecule has 0 saturated carbocycles. The molecule has 0 saturated heterocycles. The van der Waals surface area contributed by atoms with Gasteiger partial charge in [-0.15, -0.1) is 0 Å². The predicted molar refractivity (Wildman–Crippen MR) is 114 cm³/mol. The number of nitriles is 1. The van der Waals surface area contributed by atoms with Crippen LogP contribution in [0.25, 0.3) is 6.08 Å². The van der Waals surface area contributed by atoms with E-state index in [4.69, 9.17) is 27.9 Å². The second-order valence-corrected chi connectivity index (χ2v) is 7.71. The second kappa shape index (κ2) is 9.39. The van der Waals surface area contributed by atoms with Crippen LogP contribution in [0, 0.1) is 21.4 Å². The van der Waals surface area contributed by atoms with E-state index < -0.39 is 10.8 Å². The van der Waals surface area contributed by atoms with E-state index in [9.17, 15) is 20.2 Å². The van der Waals surface area contributed by atoms with Gasteiger partial charge in [-0.1, -0.05) is 23.2 Å². The summed E-state index contributed by atoms with van der Waals surface area (Å²) < 4.78 is 6.45. The predicted octanol–water partition coefficient (Wildman–Crippen LogP) is 5.98. The first kappa shape index (κ1) is 22.2. The number of anilines is 1. The summed E-state index contributed by atoms with van der Waals surface area (Å²) in [6, 6.07) is 7.24. The highest BCUT2D eigenvalue weighted by Gasteiger charge is 2.18. The van der Waals surface area contributed by atoms with E-state index in [0.29, 0.717) is 20.3 Å². The molecule has 0 aromatic heterocycles. The van der Waals surface area contributed by atoms with Crippen LogP contribution in [0.3, 0.4) is 0 Å². The van der Waals surface area contributed by atoms with Gasteiger partial charge in [0.05, 0.1) is 36.7 Å². The summed E-state index contributed by atoms with van der Waals surface area (Å²) >= 11 is 18.6. The Bertz CT molecular complexity index is 1010. The average molecular weight is 550 g/mol. The van der Waals surface area contributed by atoms with Gasteiger partial charge in [-0.25, -0.2) is 0 Å². The number of carbonyl (C=O) groups excluding carboxylic acids is 1. The lowest BCUT2D eigenvalue weighted by atomic mass is 10.1. The fourth-order valence-corrected chi connectivity index (χ4v) is 4.25. The van der Waals surface area contributed by atoms with Crippen LogP contribution in [0.2, 0.25) is 10.0 Å². The summed E-state index contributed by atoms with van der Waals surface area (Å²) in [5.74, 6) is -0.215. The lowest BCUT2D eigenvalue weighted by Crippen LogP contribution is -2.14. The number of nitro benzene ring substituents is 1. The molecule has 0 fully saturated rings. The molecule has 1 N–H and O–H groups in total. The van der Waals surface area contributed by atoms with Gasteiger partial charge in [0.25, 0.3) is 11.6 Å². The van der Waals surface area contributed by atoms with E-state index in [2.05, 4.69) is 37.2 Å². The number of rotatable bonds is 5. The summed E-state index contributed by atoms with van der Waals surface area (Å²) in [5, 5.41) is 22.3. The van der Waals surface area contributed by atoms with Crippen molar-refractivity contribution in [3.8, 4) is 11.8 Å². The molecule has 0 radical (unpaired) electrons. The number of hydrogen-bond acceptors (Lipinski definition) is 5. The van der Waals surface area contributed by atoms with Gasteiger partial charge in [-0.2, -0.15) is 5.26 Å². The van der Waals surface area contributed by atoms with E-state index in [-0.39, 0.29) is 27.0 Å². The molecule has 144 valence electrons. The summed E-state index contributed by atoms with van der Waals surface area (Å²) in [7, 11) is 1.51. The van der Waals surface area contributed by atoms with E-state index in [0.717, 1.165) is 12.1 Å². The van der Waals surface area contributed by atoms with E-state index in [1.165, 1.54) is 13.2 Å². The molecule has 0 spiro atoms. The third kappa shape index (κ3) is 5.02. The van der Waals surface area contributed by atoms with Crippen molar-refractivity contribution in [1.29, 1.82) is 5.26 Å². The van der Waals surface area contributed by atoms with Crippen molar-refractivity contribution >= 4 is 78.4 Å². The first-order valence-corrected chi connectivity index (χ1v) is 9.61. The summed E-state index contributed by atoms with van der Waals surface area (Å²) in [6.45, 7) is 0. The van der Waals surface area contributed by atoms with Crippen molar-refractivity contribution in [2.45, 2.75) is 0 Å². The number of nitrogens with one attached hydrogen (secondary N) is 1. The van der Waals surface area contributed by atoms with Crippen LogP contribution in [0.15, 0.2) is 38.8 Å². The number of carbonyl (C=O) groups is 1. The molecule has 2 rings (SSSR count). The highest BCUT2D eigenvalue weighted by molar-refractivity contribution is 9.11. The zero-order valence-corrected chi connectivity index (χ0v) is 18.6. The van der Waals surface area contributed by atoms with Gasteiger partial charge in [0, 0.05) is 12.1 Å². The lowest BCUT2D eigenvalue weighted by Gasteiger charge is -2.10. The Hall–Kier alpha value is -2.12. The van der Waals surface area contributed by atoms with Crippen LogP contribution in [0.5, 0.6) is 5.75 Å². The molecule has 0 heterocycles. The van der Waals surface area contributed by atoms with Gasteiger partial charge in [0.15, 0.2) is 0 Å². The zero-order chi connectivity index (χ0) is 21.0. The Morgan fingerprint density at radius 3 is 2.21 bits per heavy atom. The molecular formula is C17H9Br2Cl2N3O4. The van der Waals surface area contributed by atoms with E-state index in [1.54, 1.807) is 18.2 Å². The van der Waals surface area contributed by atoms with Crippen molar-refractivity contribution in [3.05, 3.63) is 64.5 Å². The van der Waals surface area contributed by atoms with Crippen LogP contribution in [0.4, 0.5) is 11.4 Å². The summed E-state index contributed by atoms with van der Waals surface area (Å²) in [6.07, 6.45) is 1.36. The number of methoxy groups -OCH3 is 1. The van der Waals surface area contributed by atoms with E-state index in [1.807, 2.05) is 0 Å². The van der Waals surface area contributed by atoms with Gasteiger partial charge >= 0.3 is 0 Å². The van der Waals surface area contributed by atoms with Crippen molar-refractivity contribution in [3.63, 3.8) is 0 Å². The number of non-ortho nitro benzene ring substituents is 1. The number of amides is 1. The summed E-state index contributed by atoms with van der Waals surface area (Å²) in [5.41, 5.74) is -0.0317. The number of ether oxygens (including phenoxy) is 1. The second-order valence-electron chi connectivity index (χ2n) is 5.18. The Labute approximate surface area is 186 Å². The molecule has 2 aromatic carbocycles. The van der Waals surface area contributed by atoms with Gasteiger partial charge in [0.2, 0.25) is 0 Å². The third-order valence-electron chi connectivity index (χ3n) is 3.38. The maximum atomic E-state index is 12.5. The maximum Gasteiger partial charge on any atom is 0.272 e. The van der Waals surface area contributed by atoms with Crippen LogP contribution in [-0.4, -0.2) is 17.9 Å². The van der Waals surface area contributed by atoms with Crippen molar-refractivity contribution in [1.82, 2.24) is 0 Å². The molecular weight excluding hydrogens is 541 g/mol. The van der Waals surface area contributed by atoms with E-state index >= 15 is 0 Å². The number of nitro groups is 1. The molecule has 0 aliphatic heterocycles. The lowest BCUT2D eigenvalue weighted by molar-refractivity contribution is -0.384. The van der Waals surface area contributed by atoms with Gasteiger partial charge < -0.3 is 10.1 Å². The fraction of sp³-hybridized carbons (Fsp3) is 0.0588. The largest absolute Gasteiger partial charge is 0.494 e. The average Bonchev–Trinajstić information content (AvgIpc) is 2.62. The minimum atomic E-state index is -0.775. The molecule has 0 aliphatic carbocycles. The molecule has 1 amide bonds. The zero-order valence-electron chi connectivity index (χ0n) is 13.9. The number of nitrogens with zero attached hydrogens (tertiary/aromatic N) is 2. The Morgan fingerprint density at radius 1 is 1.25 bits per heavy atom. The third-order valence-corrected chi connectivity index (χ3v) is 5.15. The number of benzene rings is 2. The van der Waals surface area contributed by atoms with Gasteiger partial charge in [-0.05, 0) is 55.6 Å². The maximum absolute atomic E-state index is 12.5. The van der Waals surface area contributed by atoms with Gasteiger partial charge in [0.1, 0.15) is 17.4 Å². The molecule has 28 heavy (non-hydrogen) atoms. The fourth-order valence-electron chi connectivity index (χ4n) is 2.14. The van der Waals surface area contributed by atoms with Gasteiger partial charge in [-0.3, -0.25) is 14.9 Å². The Morgan fingerprint density at radius 2 is 1.79 bits per heavy atom. The highest BCUT2D eigenvalue weighted by atomic mass is 79.9. The normalized spacial score (nSPS) is 10.9. The molecule has 11 heteroatoms. The van der Waals surface area contributed by atoms with Crippen LogP contribution >= 0.6 is 55.1 Å². The minimum absolute atomic E-state index is 0.0304. The van der Waals surface area contributed by atoms with Crippen molar-refractivity contribution in [2.24, 2.45) is 0 Å². The Kier molecular flexibility index (Phi) is 7.43. The number of hydrogen-bond donors (Lipinski definition) is 1. The molecule has 7 nitrogen and oxygen atoms in total. The first-order chi connectivity index (χ1) is 13.2. The first-order valence-electron chi connectivity index (χ1n) is 7.27. The molecule has 0 atom stereocenters. The van der Waals surface area contributed by atoms with Crippen LogP contribution in [0.1, 0.15) is 5.56 Å². The monoisotopic (exact) mass is 547 g/mol. The standard InChI is InChI=1S/C17H9Br2Cl2N3O4/c1-28-16-11(18)3-8(4-12(16)19)2-9(7-22)17(25)23-15-13(20)5-10(24(26)27)6-14(15)21/h2-6H,1H3,(H,23,25)/b9-2+. The minimum Gasteiger partial charge on any atom is -0.494 e. The van der Waals surface area contributed by atoms with Crippen LogP contribution in [-0.2, 0) is 4.79 Å². The van der Waals surface area contributed by atoms with Crippen LogP contribution < -0.4 is 10.1 Å². The molecule has 0 aliphatic rings. The highest BCUT2D eigenvalue weighted by Crippen LogP contribution is 2.36. The van der Waals surface area contributed by atoms with Crippen molar-refractivity contribution < 1.29 is 14.5 Å². The SMILES string of the molecule is COc1c(Br)cc(/C=C(\C#N)C(=O)Nc2c(Cl)cc([N+](=O)[O-])cc2Cl)cc1Br. The smallest absolute Gasteiger partial charge is 0.272 e. The Balaban J connectivity index is 2.36.